The van der Waals surface area contributed by atoms with E-state index in [1.807, 2.05) is 65.6 Å². The minimum absolute atomic E-state index is 0. The molecule has 0 bridgehead atoms. The van der Waals surface area contributed by atoms with Crippen LogP contribution in [0.4, 0.5) is 0 Å². The summed E-state index contributed by atoms with van der Waals surface area (Å²) in [6.07, 6.45) is 4.71. The molecule has 30 heavy (non-hydrogen) atoms. The molecule has 2 N–H and O–H groups in total. The molecule has 0 saturated heterocycles. The zero-order valence-corrected chi connectivity index (χ0v) is 19.8. The third-order valence-corrected chi connectivity index (χ3v) is 4.49. The highest BCUT2D eigenvalue weighted by atomic mass is 127. The molecule has 1 heterocycles. The average molecular weight is 521 g/mol. The molecule has 0 unspecified atom stereocenters. The number of para-hydroxylation sites is 1. The molecule has 1 aromatic heterocycles. The van der Waals surface area contributed by atoms with Crippen LogP contribution in [0.5, 0.6) is 11.5 Å². The monoisotopic (exact) mass is 521 g/mol. The van der Waals surface area contributed by atoms with Crippen LogP contribution < -0.4 is 20.1 Å². The Balaban J connectivity index is 0.00000320. The number of guanidine groups is 1. The summed E-state index contributed by atoms with van der Waals surface area (Å²) in [5, 5.41) is 11.1. The van der Waals surface area contributed by atoms with Gasteiger partial charge in [0.1, 0.15) is 0 Å². The van der Waals surface area contributed by atoms with Crippen LogP contribution in [-0.4, -0.2) is 43.6 Å². The summed E-state index contributed by atoms with van der Waals surface area (Å²) in [5.41, 5.74) is 3.28. The molecule has 7 nitrogen and oxygen atoms in total. The van der Waals surface area contributed by atoms with Gasteiger partial charge in [-0.2, -0.15) is 5.10 Å². The fraction of sp³-hybridized carbons (Fsp3) is 0.273. The quantitative estimate of drug-likeness (QED) is 0.270. The number of halogens is 1. The Bertz CT molecular complexity index is 944. The second-order valence-corrected chi connectivity index (χ2v) is 6.42. The molecular formula is C22H28IN5O2. The van der Waals surface area contributed by atoms with E-state index in [2.05, 4.69) is 20.7 Å². The summed E-state index contributed by atoms with van der Waals surface area (Å²) in [6.45, 7) is 1.39. The van der Waals surface area contributed by atoms with Crippen LogP contribution in [0.1, 0.15) is 11.1 Å². The van der Waals surface area contributed by atoms with E-state index in [0.29, 0.717) is 6.54 Å². The fourth-order valence-corrected chi connectivity index (χ4v) is 2.94. The van der Waals surface area contributed by atoms with Gasteiger partial charge >= 0.3 is 0 Å². The van der Waals surface area contributed by atoms with Crippen LogP contribution >= 0.6 is 24.0 Å². The summed E-state index contributed by atoms with van der Waals surface area (Å²) in [4.78, 5) is 4.28. The molecule has 3 aromatic rings. The zero-order valence-electron chi connectivity index (χ0n) is 17.5. The van der Waals surface area contributed by atoms with Crippen LogP contribution in [0.25, 0.3) is 5.69 Å². The Morgan fingerprint density at radius 2 is 1.77 bits per heavy atom. The van der Waals surface area contributed by atoms with E-state index in [1.165, 1.54) is 0 Å². The number of hydrogen-bond acceptors (Lipinski definition) is 4. The van der Waals surface area contributed by atoms with Crippen LogP contribution in [0.2, 0.25) is 0 Å². The molecule has 0 spiro atoms. The van der Waals surface area contributed by atoms with Crippen molar-refractivity contribution in [2.45, 2.75) is 13.0 Å². The van der Waals surface area contributed by atoms with Crippen molar-refractivity contribution < 1.29 is 9.47 Å². The largest absolute Gasteiger partial charge is 0.493 e. The first-order chi connectivity index (χ1) is 14.2. The lowest BCUT2D eigenvalue weighted by atomic mass is 10.1. The predicted molar refractivity (Wildman–Crippen MR) is 130 cm³/mol. The average Bonchev–Trinajstić information content (AvgIpc) is 3.25. The molecule has 0 amide bonds. The molecular weight excluding hydrogens is 493 g/mol. The molecule has 160 valence electrons. The number of aliphatic imine (C=N–C) groups is 1. The van der Waals surface area contributed by atoms with E-state index in [-0.39, 0.29) is 24.0 Å². The Kier molecular flexibility index (Phi) is 9.46. The van der Waals surface area contributed by atoms with Gasteiger partial charge in [-0.15, -0.1) is 24.0 Å². The smallest absolute Gasteiger partial charge is 0.191 e. The van der Waals surface area contributed by atoms with Gasteiger partial charge in [0, 0.05) is 31.9 Å². The first-order valence-corrected chi connectivity index (χ1v) is 9.48. The lowest BCUT2D eigenvalue weighted by molar-refractivity contribution is 0.354. The van der Waals surface area contributed by atoms with Gasteiger partial charge in [0.15, 0.2) is 17.5 Å². The zero-order chi connectivity index (χ0) is 20.5. The van der Waals surface area contributed by atoms with E-state index < -0.39 is 0 Å². The standard InChI is InChI=1S/C22H27N5O2.HI/c1-23-22(24-12-11-17-9-10-20(28-2)21(13-17)29-3)25-14-18-15-26-27(16-18)19-7-5-4-6-8-19;/h4-10,13,15-16H,11-12,14H2,1-3H3,(H2,23,24,25);1H. The number of benzene rings is 2. The SMILES string of the molecule is CN=C(NCCc1ccc(OC)c(OC)c1)NCc1cnn(-c2ccccc2)c1.I. The highest BCUT2D eigenvalue weighted by Gasteiger charge is 2.06. The normalized spacial score (nSPS) is 10.8. The molecule has 3 rings (SSSR count). The number of nitrogens with one attached hydrogen (secondary N) is 2. The van der Waals surface area contributed by atoms with Crippen molar-refractivity contribution in [2.75, 3.05) is 27.8 Å². The third-order valence-electron chi connectivity index (χ3n) is 4.49. The van der Waals surface area contributed by atoms with Gasteiger partial charge in [0.05, 0.1) is 26.1 Å². The van der Waals surface area contributed by atoms with Gasteiger partial charge in [0.2, 0.25) is 0 Å². The van der Waals surface area contributed by atoms with Crippen molar-refractivity contribution in [2.24, 2.45) is 4.99 Å². The van der Waals surface area contributed by atoms with Gasteiger partial charge in [-0.25, -0.2) is 4.68 Å². The Hall–Kier alpha value is -2.75. The molecule has 0 fully saturated rings. The van der Waals surface area contributed by atoms with E-state index in [0.717, 1.165) is 47.2 Å². The van der Waals surface area contributed by atoms with Crippen molar-refractivity contribution in [3.8, 4) is 17.2 Å². The van der Waals surface area contributed by atoms with Gasteiger partial charge in [-0.1, -0.05) is 24.3 Å². The maximum atomic E-state index is 5.36. The van der Waals surface area contributed by atoms with Crippen LogP contribution in [-0.2, 0) is 13.0 Å². The van der Waals surface area contributed by atoms with E-state index in [4.69, 9.17) is 9.47 Å². The first kappa shape index (κ1) is 23.5. The molecule has 0 aliphatic rings. The number of aromatic nitrogens is 2. The summed E-state index contributed by atoms with van der Waals surface area (Å²) in [7, 11) is 5.04. The number of hydrogen-bond donors (Lipinski definition) is 2. The summed E-state index contributed by atoms with van der Waals surface area (Å²) in [5.74, 6) is 2.22. The van der Waals surface area contributed by atoms with Gasteiger partial charge in [-0.05, 0) is 36.2 Å². The lowest BCUT2D eigenvalue weighted by Gasteiger charge is -2.12. The van der Waals surface area contributed by atoms with Crippen molar-refractivity contribution in [3.63, 3.8) is 0 Å². The predicted octanol–water partition coefficient (Wildman–Crippen LogP) is 3.42. The maximum absolute atomic E-state index is 5.36. The topological polar surface area (TPSA) is 72.7 Å². The minimum atomic E-state index is 0. The Morgan fingerprint density at radius 3 is 2.47 bits per heavy atom. The highest BCUT2D eigenvalue weighted by molar-refractivity contribution is 14.0. The highest BCUT2D eigenvalue weighted by Crippen LogP contribution is 2.27. The van der Waals surface area contributed by atoms with Gasteiger partial charge < -0.3 is 20.1 Å². The molecule has 2 aromatic carbocycles. The molecule has 0 saturated carbocycles. The molecule has 0 aliphatic heterocycles. The number of rotatable bonds is 8. The van der Waals surface area contributed by atoms with E-state index in [9.17, 15) is 0 Å². The van der Waals surface area contributed by atoms with E-state index >= 15 is 0 Å². The fourth-order valence-electron chi connectivity index (χ4n) is 2.94. The number of methoxy groups -OCH3 is 2. The van der Waals surface area contributed by atoms with Crippen LogP contribution in [0.15, 0.2) is 65.9 Å². The van der Waals surface area contributed by atoms with Crippen molar-refractivity contribution >= 4 is 29.9 Å². The summed E-state index contributed by atoms with van der Waals surface area (Å²) < 4.78 is 12.5. The maximum Gasteiger partial charge on any atom is 0.191 e. The molecule has 0 aliphatic carbocycles. The van der Waals surface area contributed by atoms with Crippen molar-refractivity contribution in [1.29, 1.82) is 0 Å². The van der Waals surface area contributed by atoms with Crippen LogP contribution in [0, 0.1) is 0 Å². The van der Waals surface area contributed by atoms with Gasteiger partial charge in [-0.3, -0.25) is 4.99 Å². The summed E-state index contributed by atoms with van der Waals surface area (Å²) in [6, 6.07) is 16.0. The first-order valence-electron chi connectivity index (χ1n) is 9.48. The van der Waals surface area contributed by atoms with Crippen molar-refractivity contribution in [3.05, 3.63) is 72.1 Å². The van der Waals surface area contributed by atoms with Gasteiger partial charge in [0.25, 0.3) is 0 Å². The second-order valence-electron chi connectivity index (χ2n) is 6.42. The van der Waals surface area contributed by atoms with E-state index in [1.54, 1.807) is 21.3 Å². The van der Waals surface area contributed by atoms with Crippen molar-refractivity contribution in [1.82, 2.24) is 20.4 Å². The van der Waals surface area contributed by atoms with Crippen LogP contribution in [0.3, 0.4) is 0 Å². The number of nitrogens with zero attached hydrogens (tertiary/aromatic N) is 3. The minimum Gasteiger partial charge on any atom is -0.493 e. The Morgan fingerprint density at radius 1 is 1.00 bits per heavy atom. The molecule has 0 atom stereocenters. The second kappa shape index (κ2) is 12.1. The Labute approximate surface area is 194 Å². The lowest BCUT2D eigenvalue weighted by Crippen LogP contribution is -2.37. The summed E-state index contributed by atoms with van der Waals surface area (Å²) >= 11 is 0. The molecule has 0 radical (unpaired) electrons. The number of ether oxygens (including phenoxy) is 2. The third kappa shape index (κ3) is 6.38. The molecule has 8 heteroatoms.